The number of amides is 1. The van der Waals surface area contributed by atoms with Crippen molar-refractivity contribution in [1.29, 1.82) is 0 Å². The second-order valence-electron chi connectivity index (χ2n) is 6.65. The van der Waals surface area contributed by atoms with Crippen LogP contribution in [0.5, 0.6) is 0 Å². The van der Waals surface area contributed by atoms with Gasteiger partial charge in [-0.15, -0.1) is 11.3 Å². The van der Waals surface area contributed by atoms with Crippen molar-refractivity contribution in [3.05, 3.63) is 52.5 Å². The van der Waals surface area contributed by atoms with Gasteiger partial charge in [-0.1, -0.05) is 0 Å². The van der Waals surface area contributed by atoms with Crippen molar-refractivity contribution >= 4 is 48.9 Å². The SMILES string of the molecule is Cc1nc2ccc(NC(=O)c3ccc4c(c3)CCCN4S(C)(=O)=O)cc2s1. The topological polar surface area (TPSA) is 79.4 Å². The summed E-state index contributed by atoms with van der Waals surface area (Å²) >= 11 is 1.59. The number of aromatic nitrogens is 1. The van der Waals surface area contributed by atoms with Crippen LogP contribution in [0, 0.1) is 6.92 Å². The van der Waals surface area contributed by atoms with E-state index in [-0.39, 0.29) is 5.91 Å². The fourth-order valence-corrected chi connectivity index (χ4v) is 5.23. The molecule has 2 aromatic carbocycles. The van der Waals surface area contributed by atoms with E-state index in [4.69, 9.17) is 0 Å². The lowest BCUT2D eigenvalue weighted by atomic mass is 10.0. The highest BCUT2D eigenvalue weighted by molar-refractivity contribution is 7.92. The van der Waals surface area contributed by atoms with Gasteiger partial charge in [0.05, 0.1) is 27.2 Å². The minimum atomic E-state index is -3.31. The monoisotopic (exact) mass is 401 g/mol. The van der Waals surface area contributed by atoms with Gasteiger partial charge in [0.25, 0.3) is 5.91 Å². The van der Waals surface area contributed by atoms with E-state index in [0.717, 1.165) is 33.6 Å². The van der Waals surface area contributed by atoms with Crippen LogP contribution in [-0.2, 0) is 16.4 Å². The van der Waals surface area contributed by atoms with E-state index in [2.05, 4.69) is 10.3 Å². The van der Waals surface area contributed by atoms with Crippen molar-refractivity contribution < 1.29 is 13.2 Å². The average Bonchev–Trinajstić information content (AvgIpc) is 2.99. The minimum absolute atomic E-state index is 0.213. The third-order valence-corrected chi connectivity index (χ3v) is 6.68. The Balaban J connectivity index is 1.60. The number of anilines is 2. The van der Waals surface area contributed by atoms with Gasteiger partial charge in [0.1, 0.15) is 0 Å². The highest BCUT2D eigenvalue weighted by Gasteiger charge is 2.24. The Hall–Kier alpha value is -2.45. The Morgan fingerprint density at radius 2 is 2.04 bits per heavy atom. The van der Waals surface area contributed by atoms with Gasteiger partial charge >= 0.3 is 0 Å². The van der Waals surface area contributed by atoms with E-state index in [1.54, 1.807) is 29.5 Å². The van der Waals surface area contributed by atoms with E-state index in [9.17, 15) is 13.2 Å². The van der Waals surface area contributed by atoms with Crippen molar-refractivity contribution in [2.45, 2.75) is 19.8 Å². The molecule has 140 valence electrons. The first-order valence-corrected chi connectivity index (χ1v) is 11.3. The molecule has 0 radical (unpaired) electrons. The summed E-state index contributed by atoms with van der Waals surface area (Å²) in [6.07, 6.45) is 2.71. The lowest BCUT2D eigenvalue weighted by Gasteiger charge is -2.29. The van der Waals surface area contributed by atoms with Crippen molar-refractivity contribution in [1.82, 2.24) is 4.98 Å². The number of benzene rings is 2. The molecule has 1 amide bonds. The van der Waals surface area contributed by atoms with Crippen LogP contribution < -0.4 is 9.62 Å². The quantitative estimate of drug-likeness (QED) is 0.728. The zero-order valence-electron chi connectivity index (χ0n) is 15.0. The van der Waals surface area contributed by atoms with Crippen molar-refractivity contribution in [3.63, 3.8) is 0 Å². The highest BCUT2D eigenvalue weighted by atomic mass is 32.2. The molecule has 4 rings (SSSR count). The first-order chi connectivity index (χ1) is 12.8. The molecule has 0 saturated carbocycles. The molecule has 8 heteroatoms. The lowest BCUT2D eigenvalue weighted by Crippen LogP contribution is -2.34. The fraction of sp³-hybridized carbons (Fsp3) is 0.263. The van der Waals surface area contributed by atoms with Gasteiger partial charge in [0, 0.05) is 17.8 Å². The van der Waals surface area contributed by atoms with Crippen LogP contribution >= 0.6 is 11.3 Å². The van der Waals surface area contributed by atoms with Gasteiger partial charge < -0.3 is 5.32 Å². The summed E-state index contributed by atoms with van der Waals surface area (Å²) in [5.74, 6) is -0.213. The zero-order valence-corrected chi connectivity index (χ0v) is 16.7. The van der Waals surface area contributed by atoms with Gasteiger partial charge in [-0.3, -0.25) is 9.10 Å². The molecule has 0 unspecified atom stereocenters. The maximum absolute atomic E-state index is 12.7. The fourth-order valence-electron chi connectivity index (χ4n) is 3.37. The predicted molar refractivity (Wildman–Crippen MR) is 109 cm³/mol. The second-order valence-corrected chi connectivity index (χ2v) is 9.79. The third-order valence-electron chi connectivity index (χ3n) is 4.57. The Morgan fingerprint density at radius 1 is 1.22 bits per heavy atom. The van der Waals surface area contributed by atoms with Gasteiger partial charge in [-0.05, 0) is 61.7 Å². The molecule has 0 spiro atoms. The number of hydrogen-bond donors (Lipinski definition) is 1. The van der Waals surface area contributed by atoms with E-state index in [0.29, 0.717) is 23.5 Å². The van der Waals surface area contributed by atoms with Crippen molar-refractivity contribution in [2.24, 2.45) is 0 Å². The summed E-state index contributed by atoms with van der Waals surface area (Å²) in [5.41, 5.74) is 3.70. The average molecular weight is 402 g/mol. The largest absolute Gasteiger partial charge is 0.322 e. The van der Waals surface area contributed by atoms with E-state index < -0.39 is 10.0 Å². The van der Waals surface area contributed by atoms with Crippen molar-refractivity contribution in [2.75, 3.05) is 22.4 Å². The maximum Gasteiger partial charge on any atom is 0.255 e. The van der Waals surface area contributed by atoms with Crippen LogP contribution in [0.3, 0.4) is 0 Å². The number of nitrogens with zero attached hydrogens (tertiary/aromatic N) is 2. The molecule has 0 saturated heterocycles. The molecular weight excluding hydrogens is 382 g/mol. The zero-order chi connectivity index (χ0) is 19.2. The number of thiazole rings is 1. The molecule has 1 aliphatic rings. The van der Waals surface area contributed by atoms with Crippen molar-refractivity contribution in [3.8, 4) is 0 Å². The molecule has 0 bridgehead atoms. The normalized spacial score (nSPS) is 14.2. The van der Waals surface area contributed by atoms with E-state index in [1.165, 1.54) is 10.6 Å². The van der Waals surface area contributed by atoms with Crippen LogP contribution in [-0.4, -0.2) is 32.1 Å². The third kappa shape index (κ3) is 3.54. The Labute approximate surface area is 161 Å². The number of aryl methyl sites for hydroxylation is 2. The molecule has 1 aromatic heterocycles. The predicted octanol–water partition coefficient (Wildman–Crippen LogP) is 3.57. The summed E-state index contributed by atoms with van der Waals surface area (Å²) in [5, 5.41) is 3.90. The number of rotatable bonds is 3. The lowest BCUT2D eigenvalue weighted by molar-refractivity contribution is 0.102. The number of fused-ring (bicyclic) bond motifs is 2. The molecule has 0 fully saturated rings. The van der Waals surface area contributed by atoms with Gasteiger partial charge in [0.2, 0.25) is 10.0 Å². The summed E-state index contributed by atoms with van der Waals surface area (Å²) in [7, 11) is -3.31. The summed E-state index contributed by atoms with van der Waals surface area (Å²) in [4.78, 5) is 17.1. The molecule has 0 atom stereocenters. The molecule has 3 aromatic rings. The van der Waals surface area contributed by atoms with Crippen LogP contribution in [0.15, 0.2) is 36.4 Å². The first-order valence-electron chi connectivity index (χ1n) is 8.60. The summed E-state index contributed by atoms with van der Waals surface area (Å²) in [6.45, 7) is 2.43. The number of hydrogen-bond acceptors (Lipinski definition) is 5. The van der Waals surface area contributed by atoms with Crippen LogP contribution in [0.4, 0.5) is 11.4 Å². The van der Waals surface area contributed by atoms with E-state index >= 15 is 0 Å². The highest BCUT2D eigenvalue weighted by Crippen LogP contribution is 2.30. The summed E-state index contributed by atoms with van der Waals surface area (Å²) < 4.78 is 26.4. The maximum atomic E-state index is 12.7. The number of sulfonamides is 1. The molecule has 1 aliphatic heterocycles. The van der Waals surface area contributed by atoms with Gasteiger partial charge in [0.15, 0.2) is 0 Å². The molecular formula is C19H19N3O3S2. The molecule has 27 heavy (non-hydrogen) atoms. The number of carbonyl (C=O) groups is 1. The Bertz CT molecular complexity index is 1150. The van der Waals surface area contributed by atoms with Gasteiger partial charge in [-0.25, -0.2) is 13.4 Å². The molecule has 1 N–H and O–H groups in total. The standard InChI is InChI=1S/C19H19N3O3S2/c1-12-20-16-7-6-15(11-18(16)26-12)21-19(23)14-5-8-17-13(10-14)4-3-9-22(17)27(2,24)25/h5-8,10-11H,3-4,9H2,1-2H3,(H,21,23). The number of nitrogens with one attached hydrogen (secondary N) is 1. The summed E-state index contributed by atoms with van der Waals surface area (Å²) in [6, 6.07) is 10.8. The molecule has 2 heterocycles. The second kappa shape index (κ2) is 6.61. The molecule has 6 nitrogen and oxygen atoms in total. The van der Waals surface area contributed by atoms with Crippen LogP contribution in [0.2, 0.25) is 0 Å². The van der Waals surface area contributed by atoms with Crippen LogP contribution in [0.1, 0.15) is 27.3 Å². The molecule has 0 aliphatic carbocycles. The number of carbonyl (C=O) groups excluding carboxylic acids is 1. The van der Waals surface area contributed by atoms with Crippen LogP contribution in [0.25, 0.3) is 10.2 Å². The Kier molecular flexibility index (Phi) is 4.39. The Morgan fingerprint density at radius 3 is 2.81 bits per heavy atom. The minimum Gasteiger partial charge on any atom is -0.322 e. The van der Waals surface area contributed by atoms with Gasteiger partial charge in [-0.2, -0.15) is 0 Å². The smallest absolute Gasteiger partial charge is 0.255 e. The van der Waals surface area contributed by atoms with E-state index in [1.807, 2.05) is 25.1 Å². The first kappa shape index (κ1) is 17.9.